The van der Waals surface area contributed by atoms with E-state index in [0.29, 0.717) is 12.5 Å². The maximum absolute atomic E-state index is 12.8. The SMILES string of the molecule is COCC(Nc1ccnc(F)c1)C(C)C. The lowest BCUT2D eigenvalue weighted by Crippen LogP contribution is -2.30. The molecule has 0 aliphatic heterocycles. The van der Waals surface area contributed by atoms with Gasteiger partial charge in [-0.3, -0.25) is 0 Å². The number of pyridine rings is 1. The molecule has 0 bridgehead atoms. The maximum Gasteiger partial charge on any atom is 0.214 e. The van der Waals surface area contributed by atoms with Gasteiger partial charge < -0.3 is 10.1 Å². The fourth-order valence-electron chi connectivity index (χ4n) is 1.29. The van der Waals surface area contributed by atoms with Crippen molar-refractivity contribution in [2.24, 2.45) is 5.92 Å². The van der Waals surface area contributed by atoms with Crippen LogP contribution in [-0.2, 0) is 4.74 Å². The lowest BCUT2D eigenvalue weighted by molar-refractivity contribution is 0.171. The minimum atomic E-state index is -0.472. The highest BCUT2D eigenvalue weighted by Crippen LogP contribution is 2.13. The number of hydrogen-bond donors (Lipinski definition) is 1. The number of nitrogens with one attached hydrogen (secondary N) is 1. The molecular weight excluding hydrogens is 195 g/mol. The van der Waals surface area contributed by atoms with Gasteiger partial charge >= 0.3 is 0 Å². The maximum atomic E-state index is 12.8. The monoisotopic (exact) mass is 212 g/mol. The first-order valence-corrected chi connectivity index (χ1v) is 5.00. The Morgan fingerprint density at radius 1 is 1.53 bits per heavy atom. The quantitative estimate of drug-likeness (QED) is 0.760. The zero-order valence-corrected chi connectivity index (χ0v) is 9.33. The van der Waals surface area contributed by atoms with Gasteiger partial charge in [0.1, 0.15) is 0 Å². The van der Waals surface area contributed by atoms with Crippen molar-refractivity contribution < 1.29 is 9.13 Å². The van der Waals surface area contributed by atoms with Crippen LogP contribution >= 0.6 is 0 Å². The van der Waals surface area contributed by atoms with Crippen molar-refractivity contribution in [3.63, 3.8) is 0 Å². The van der Waals surface area contributed by atoms with Crippen LogP contribution in [0.1, 0.15) is 13.8 Å². The molecule has 4 heteroatoms. The molecule has 0 radical (unpaired) electrons. The van der Waals surface area contributed by atoms with Crippen LogP contribution in [0.15, 0.2) is 18.3 Å². The largest absolute Gasteiger partial charge is 0.383 e. The van der Waals surface area contributed by atoms with E-state index in [0.717, 1.165) is 5.69 Å². The minimum Gasteiger partial charge on any atom is -0.383 e. The molecule has 84 valence electrons. The molecule has 1 N–H and O–H groups in total. The average molecular weight is 212 g/mol. The van der Waals surface area contributed by atoms with E-state index in [1.54, 1.807) is 13.2 Å². The second-order valence-corrected chi connectivity index (χ2v) is 3.82. The summed E-state index contributed by atoms with van der Waals surface area (Å²) in [4.78, 5) is 3.50. The van der Waals surface area contributed by atoms with E-state index in [1.807, 2.05) is 0 Å². The van der Waals surface area contributed by atoms with Crippen molar-refractivity contribution in [2.75, 3.05) is 19.0 Å². The van der Waals surface area contributed by atoms with Gasteiger partial charge in [-0.2, -0.15) is 4.39 Å². The number of nitrogens with zero attached hydrogens (tertiary/aromatic N) is 1. The summed E-state index contributed by atoms with van der Waals surface area (Å²) >= 11 is 0. The Hall–Kier alpha value is -1.16. The number of ether oxygens (including phenoxy) is 1. The van der Waals surface area contributed by atoms with Gasteiger partial charge in [0.15, 0.2) is 0 Å². The highest BCUT2D eigenvalue weighted by Gasteiger charge is 2.12. The topological polar surface area (TPSA) is 34.1 Å². The molecular formula is C11H17FN2O. The molecule has 0 saturated heterocycles. The van der Waals surface area contributed by atoms with E-state index in [4.69, 9.17) is 4.74 Å². The average Bonchev–Trinajstić information content (AvgIpc) is 2.17. The second-order valence-electron chi connectivity index (χ2n) is 3.82. The summed E-state index contributed by atoms with van der Waals surface area (Å²) < 4.78 is 17.9. The summed E-state index contributed by atoms with van der Waals surface area (Å²) in [7, 11) is 1.66. The predicted molar refractivity (Wildman–Crippen MR) is 58.3 cm³/mol. The molecule has 1 unspecified atom stereocenters. The third-order valence-electron chi connectivity index (χ3n) is 2.23. The summed E-state index contributed by atoms with van der Waals surface area (Å²) in [6, 6.07) is 3.30. The van der Waals surface area contributed by atoms with Gasteiger partial charge in [-0.15, -0.1) is 0 Å². The van der Waals surface area contributed by atoms with Gasteiger partial charge in [0.2, 0.25) is 5.95 Å². The second kappa shape index (κ2) is 5.66. The first kappa shape index (κ1) is 11.9. The number of rotatable bonds is 5. The fraction of sp³-hybridized carbons (Fsp3) is 0.545. The molecule has 0 aliphatic carbocycles. The first-order valence-electron chi connectivity index (χ1n) is 5.00. The predicted octanol–water partition coefficient (Wildman–Crippen LogP) is 2.30. The van der Waals surface area contributed by atoms with Crippen molar-refractivity contribution in [2.45, 2.75) is 19.9 Å². The number of halogens is 1. The summed E-state index contributed by atoms with van der Waals surface area (Å²) in [6.07, 6.45) is 1.45. The normalized spacial score (nSPS) is 12.9. The summed E-state index contributed by atoms with van der Waals surface area (Å²) in [5, 5.41) is 3.22. The van der Waals surface area contributed by atoms with Crippen LogP contribution < -0.4 is 5.32 Å². The van der Waals surface area contributed by atoms with E-state index in [-0.39, 0.29) is 6.04 Å². The molecule has 0 aliphatic rings. The summed E-state index contributed by atoms with van der Waals surface area (Å²) in [5.74, 6) is -0.0545. The third-order valence-corrected chi connectivity index (χ3v) is 2.23. The highest BCUT2D eigenvalue weighted by atomic mass is 19.1. The Bertz CT molecular complexity index is 304. The lowest BCUT2D eigenvalue weighted by atomic mass is 10.1. The Balaban J connectivity index is 2.65. The third kappa shape index (κ3) is 3.83. The smallest absolute Gasteiger partial charge is 0.214 e. The minimum absolute atomic E-state index is 0.178. The standard InChI is InChI=1S/C11H17FN2O/c1-8(2)10(7-15-3)14-9-4-5-13-11(12)6-9/h4-6,8,10H,7H2,1-3H3,(H,13,14). The van der Waals surface area contributed by atoms with Gasteiger partial charge in [0, 0.05) is 25.1 Å². The molecule has 1 rings (SSSR count). The zero-order chi connectivity index (χ0) is 11.3. The van der Waals surface area contributed by atoms with Gasteiger partial charge in [0.25, 0.3) is 0 Å². The molecule has 0 spiro atoms. The van der Waals surface area contributed by atoms with Crippen LogP contribution in [0.2, 0.25) is 0 Å². The molecule has 0 amide bonds. The zero-order valence-electron chi connectivity index (χ0n) is 9.33. The Kier molecular flexibility index (Phi) is 4.49. The van der Waals surface area contributed by atoms with Crippen LogP contribution in [0, 0.1) is 11.9 Å². The van der Waals surface area contributed by atoms with E-state index in [9.17, 15) is 4.39 Å². The van der Waals surface area contributed by atoms with Crippen LogP contribution in [0.3, 0.4) is 0 Å². The summed E-state index contributed by atoms with van der Waals surface area (Å²) in [6.45, 7) is 4.78. The van der Waals surface area contributed by atoms with Crippen LogP contribution in [0.5, 0.6) is 0 Å². The van der Waals surface area contributed by atoms with E-state index < -0.39 is 5.95 Å². The van der Waals surface area contributed by atoms with Crippen molar-refractivity contribution in [1.29, 1.82) is 0 Å². The molecule has 0 fully saturated rings. The van der Waals surface area contributed by atoms with Gasteiger partial charge in [0.05, 0.1) is 12.6 Å². The Labute approximate surface area is 89.7 Å². The van der Waals surface area contributed by atoms with Crippen molar-refractivity contribution in [3.8, 4) is 0 Å². The van der Waals surface area contributed by atoms with Crippen LogP contribution in [0.25, 0.3) is 0 Å². The van der Waals surface area contributed by atoms with E-state index in [2.05, 4.69) is 24.1 Å². The highest BCUT2D eigenvalue weighted by molar-refractivity contribution is 5.42. The molecule has 0 aromatic carbocycles. The van der Waals surface area contributed by atoms with E-state index in [1.165, 1.54) is 12.3 Å². The Morgan fingerprint density at radius 2 is 2.27 bits per heavy atom. The van der Waals surface area contributed by atoms with Crippen LogP contribution in [0.4, 0.5) is 10.1 Å². The Morgan fingerprint density at radius 3 is 2.80 bits per heavy atom. The summed E-state index contributed by atoms with van der Waals surface area (Å²) in [5.41, 5.74) is 0.734. The van der Waals surface area contributed by atoms with Crippen molar-refractivity contribution >= 4 is 5.69 Å². The number of aromatic nitrogens is 1. The number of anilines is 1. The van der Waals surface area contributed by atoms with E-state index >= 15 is 0 Å². The van der Waals surface area contributed by atoms with Crippen LogP contribution in [-0.4, -0.2) is 24.7 Å². The van der Waals surface area contributed by atoms with Crippen molar-refractivity contribution in [3.05, 3.63) is 24.3 Å². The molecule has 3 nitrogen and oxygen atoms in total. The van der Waals surface area contributed by atoms with Crippen molar-refractivity contribution in [1.82, 2.24) is 4.98 Å². The molecule has 1 aromatic rings. The lowest BCUT2D eigenvalue weighted by Gasteiger charge is -2.22. The molecule has 15 heavy (non-hydrogen) atoms. The first-order chi connectivity index (χ1) is 7.13. The molecule has 1 heterocycles. The number of methoxy groups -OCH3 is 1. The molecule has 1 aromatic heterocycles. The van der Waals surface area contributed by atoms with Gasteiger partial charge in [-0.25, -0.2) is 4.98 Å². The fourth-order valence-corrected chi connectivity index (χ4v) is 1.29. The van der Waals surface area contributed by atoms with Gasteiger partial charge in [-0.05, 0) is 12.0 Å². The number of hydrogen-bond acceptors (Lipinski definition) is 3. The molecule has 1 atom stereocenters. The van der Waals surface area contributed by atoms with Gasteiger partial charge in [-0.1, -0.05) is 13.8 Å². The molecule has 0 saturated carbocycles.